The minimum absolute atomic E-state index is 0.0824. The molecule has 1 amide bonds. The summed E-state index contributed by atoms with van der Waals surface area (Å²) < 4.78 is 9.91. The Bertz CT molecular complexity index is 921. The molecule has 28 heavy (non-hydrogen) atoms. The van der Waals surface area contributed by atoms with Crippen molar-refractivity contribution in [2.75, 3.05) is 19.0 Å². The molecule has 0 atom stereocenters. The van der Waals surface area contributed by atoms with Crippen LogP contribution in [-0.4, -0.2) is 25.6 Å². The highest BCUT2D eigenvalue weighted by atomic mass is 16.5. The Balaban J connectivity index is 1.99. The van der Waals surface area contributed by atoms with E-state index in [0.29, 0.717) is 11.3 Å². The second-order valence-electron chi connectivity index (χ2n) is 5.61. The van der Waals surface area contributed by atoms with Crippen molar-refractivity contribution in [1.82, 2.24) is 0 Å². The van der Waals surface area contributed by atoms with Gasteiger partial charge in [0.2, 0.25) is 5.91 Å². The summed E-state index contributed by atoms with van der Waals surface area (Å²) in [7, 11) is 1.59. The minimum atomic E-state index is -0.661. The fourth-order valence-electron chi connectivity index (χ4n) is 2.25. The Labute approximate surface area is 163 Å². The van der Waals surface area contributed by atoms with Gasteiger partial charge in [-0.25, -0.2) is 4.79 Å². The third kappa shape index (κ3) is 6.15. The number of carbonyl (C=O) groups excluding carboxylic acids is 2. The monoisotopic (exact) mass is 376 g/mol. The molecule has 0 fully saturated rings. The number of ether oxygens (including phenoxy) is 2. The Morgan fingerprint density at radius 3 is 2.29 bits per heavy atom. The van der Waals surface area contributed by atoms with Gasteiger partial charge < -0.3 is 14.8 Å². The van der Waals surface area contributed by atoms with Crippen molar-refractivity contribution in [3.05, 3.63) is 71.3 Å². The second kappa shape index (κ2) is 10.3. The van der Waals surface area contributed by atoms with E-state index in [1.807, 2.05) is 30.3 Å². The molecule has 1 N–H and O–H groups in total. The lowest BCUT2D eigenvalue weighted by Crippen LogP contribution is -2.07. The first-order valence-electron chi connectivity index (χ1n) is 8.57. The molecule has 0 heterocycles. The van der Waals surface area contributed by atoms with Gasteiger partial charge in [-0.05, 0) is 54.5 Å². The van der Waals surface area contributed by atoms with Crippen LogP contribution in [0.25, 0.3) is 12.2 Å². The number of rotatable bonds is 7. The van der Waals surface area contributed by atoms with Crippen LogP contribution in [0.15, 0.2) is 60.2 Å². The number of hydrogen-bond acceptors (Lipinski definition) is 5. The predicted octanol–water partition coefficient (Wildman–Crippen LogP) is 3.82. The van der Waals surface area contributed by atoms with Crippen molar-refractivity contribution in [3.8, 4) is 11.8 Å². The highest BCUT2D eigenvalue weighted by Crippen LogP contribution is 2.14. The van der Waals surface area contributed by atoms with E-state index in [4.69, 9.17) is 14.7 Å². The first-order chi connectivity index (χ1) is 13.5. The van der Waals surface area contributed by atoms with E-state index in [2.05, 4.69) is 5.32 Å². The van der Waals surface area contributed by atoms with Crippen LogP contribution in [0.3, 0.4) is 0 Å². The third-order valence-corrected chi connectivity index (χ3v) is 3.65. The van der Waals surface area contributed by atoms with Crippen molar-refractivity contribution in [2.24, 2.45) is 0 Å². The first kappa shape index (κ1) is 20.5. The van der Waals surface area contributed by atoms with Crippen molar-refractivity contribution in [3.63, 3.8) is 0 Å². The largest absolute Gasteiger partial charge is 0.497 e. The number of methoxy groups -OCH3 is 1. The number of anilines is 1. The number of amides is 1. The van der Waals surface area contributed by atoms with Crippen LogP contribution in [0.1, 0.15) is 18.1 Å². The number of carbonyl (C=O) groups is 2. The van der Waals surface area contributed by atoms with E-state index >= 15 is 0 Å². The van der Waals surface area contributed by atoms with Crippen LogP contribution < -0.4 is 10.1 Å². The summed E-state index contributed by atoms with van der Waals surface area (Å²) in [6.07, 6.45) is 4.57. The molecule has 0 saturated carbocycles. The molecule has 6 heteroatoms. The highest BCUT2D eigenvalue weighted by molar-refractivity contribution is 6.02. The lowest BCUT2D eigenvalue weighted by Gasteiger charge is -2.04. The molecule has 0 unspecified atom stereocenters. The zero-order valence-corrected chi connectivity index (χ0v) is 15.6. The van der Waals surface area contributed by atoms with Gasteiger partial charge in [-0.2, -0.15) is 5.26 Å². The maximum absolute atomic E-state index is 12.0. The van der Waals surface area contributed by atoms with Gasteiger partial charge in [0.25, 0.3) is 0 Å². The summed E-state index contributed by atoms with van der Waals surface area (Å²) in [6.45, 7) is 1.88. The van der Waals surface area contributed by atoms with E-state index in [1.165, 1.54) is 12.2 Å². The molecule has 0 spiro atoms. The lowest BCUT2D eigenvalue weighted by molar-refractivity contribution is -0.137. The summed E-state index contributed by atoms with van der Waals surface area (Å²) in [6, 6.07) is 15.9. The van der Waals surface area contributed by atoms with Crippen LogP contribution in [0, 0.1) is 11.3 Å². The van der Waals surface area contributed by atoms with Crippen LogP contribution in [-0.2, 0) is 14.3 Å². The van der Waals surface area contributed by atoms with E-state index in [9.17, 15) is 9.59 Å². The molecule has 0 aliphatic rings. The number of nitrogens with one attached hydrogen (secondary N) is 1. The molecule has 0 radical (unpaired) electrons. The van der Waals surface area contributed by atoms with Gasteiger partial charge >= 0.3 is 5.97 Å². The van der Waals surface area contributed by atoms with Gasteiger partial charge in [0.05, 0.1) is 13.7 Å². The Kier molecular flexibility index (Phi) is 7.55. The SMILES string of the molecule is CCOC(=O)/C(C#N)=C\c1ccc(NC(=O)/C=C/c2ccc(OC)cc2)cc1. The molecular formula is C22H20N2O4. The Morgan fingerprint density at radius 2 is 1.71 bits per heavy atom. The standard InChI is InChI=1S/C22H20N2O4/c1-3-28-22(26)18(15-23)14-17-4-9-19(10-5-17)24-21(25)13-8-16-6-11-20(27-2)12-7-16/h4-14H,3H2,1-2H3,(H,24,25)/b13-8+,18-14-. The molecule has 0 aliphatic carbocycles. The highest BCUT2D eigenvalue weighted by Gasteiger charge is 2.09. The normalized spacial score (nSPS) is 11.0. The van der Waals surface area contributed by atoms with E-state index < -0.39 is 5.97 Å². The van der Waals surface area contributed by atoms with E-state index in [1.54, 1.807) is 44.4 Å². The summed E-state index contributed by atoms with van der Waals surface area (Å²) in [4.78, 5) is 23.7. The van der Waals surface area contributed by atoms with Crippen molar-refractivity contribution >= 4 is 29.7 Å². The maximum atomic E-state index is 12.0. The van der Waals surface area contributed by atoms with Crippen LogP contribution in [0.4, 0.5) is 5.69 Å². The summed E-state index contributed by atoms with van der Waals surface area (Å²) in [5.74, 6) is -0.187. The van der Waals surface area contributed by atoms with Crippen LogP contribution >= 0.6 is 0 Å². The lowest BCUT2D eigenvalue weighted by atomic mass is 10.1. The van der Waals surface area contributed by atoms with Crippen LogP contribution in [0.2, 0.25) is 0 Å². The van der Waals surface area contributed by atoms with Gasteiger partial charge in [0, 0.05) is 11.8 Å². The second-order valence-corrected chi connectivity index (χ2v) is 5.61. The zero-order valence-electron chi connectivity index (χ0n) is 15.6. The predicted molar refractivity (Wildman–Crippen MR) is 107 cm³/mol. The molecule has 2 aromatic carbocycles. The Morgan fingerprint density at radius 1 is 1.07 bits per heavy atom. The average Bonchev–Trinajstić information content (AvgIpc) is 2.72. The fraction of sp³-hybridized carbons (Fsp3) is 0.136. The smallest absolute Gasteiger partial charge is 0.348 e. The molecule has 2 rings (SSSR count). The first-order valence-corrected chi connectivity index (χ1v) is 8.57. The summed E-state index contributed by atoms with van der Waals surface area (Å²) >= 11 is 0. The van der Waals surface area contributed by atoms with Crippen molar-refractivity contribution in [2.45, 2.75) is 6.92 Å². The van der Waals surface area contributed by atoms with Crippen molar-refractivity contribution in [1.29, 1.82) is 5.26 Å². The molecule has 0 bridgehead atoms. The van der Waals surface area contributed by atoms with Gasteiger partial charge in [0.1, 0.15) is 17.4 Å². The molecular weight excluding hydrogens is 356 g/mol. The Hall–Kier alpha value is -3.85. The molecule has 0 saturated heterocycles. The van der Waals surface area contributed by atoms with E-state index in [-0.39, 0.29) is 18.1 Å². The van der Waals surface area contributed by atoms with Gasteiger partial charge in [-0.15, -0.1) is 0 Å². The molecule has 0 aliphatic heterocycles. The summed E-state index contributed by atoms with van der Waals surface area (Å²) in [5.41, 5.74) is 2.04. The number of benzene rings is 2. The molecule has 2 aromatic rings. The number of nitrogens with zero attached hydrogens (tertiary/aromatic N) is 1. The third-order valence-electron chi connectivity index (χ3n) is 3.65. The van der Waals surface area contributed by atoms with Crippen LogP contribution in [0.5, 0.6) is 5.75 Å². The zero-order chi connectivity index (χ0) is 20.4. The fourth-order valence-corrected chi connectivity index (χ4v) is 2.25. The van der Waals surface area contributed by atoms with Gasteiger partial charge in [0.15, 0.2) is 0 Å². The summed E-state index contributed by atoms with van der Waals surface area (Å²) in [5, 5.41) is 11.8. The quantitative estimate of drug-likeness (QED) is 0.451. The van der Waals surface area contributed by atoms with Gasteiger partial charge in [-0.3, -0.25) is 4.79 Å². The topological polar surface area (TPSA) is 88.4 Å². The number of nitriles is 1. The maximum Gasteiger partial charge on any atom is 0.348 e. The number of esters is 1. The number of hydrogen-bond donors (Lipinski definition) is 1. The molecule has 0 aromatic heterocycles. The van der Waals surface area contributed by atoms with Crippen molar-refractivity contribution < 1.29 is 19.1 Å². The average molecular weight is 376 g/mol. The van der Waals surface area contributed by atoms with Gasteiger partial charge in [-0.1, -0.05) is 24.3 Å². The minimum Gasteiger partial charge on any atom is -0.497 e. The molecule has 142 valence electrons. The molecule has 6 nitrogen and oxygen atoms in total. The van der Waals surface area contributed by atoms with E-state index in [0.717, 1.165) is 11.3 Å².